The van der Waals surface area contributed by atoms with E-state index in [-0.39, 0.29) is 0 Å². The molecule has 1 aliphatic rings. The minimum atomic E-state index is 0.785. The van der Waals surface area contributed by atoms with Gasteiger partial charge in [0.2, 0.25) is 0 Å². The van der Waals surface area contributed by atoms with Crippen molar-refractivity contribution in [3.05, 3.63) is 11.6 Å². The Hall–Kier alpha value is 0.0500. The topological polar surface area (TPSA) is 12.0 Å². The summed E-state index contributed by atoms with van der Waals surface area (Å²) in [5.41, 5.74) is 1.65. The van der Waals surface area contributed by atoms with E-state index >= 15 is 0 Å². The van der Waals surface area contributed by atoms with E-state index in [0.717, 1.165) is 11.8 Å². The van der Waals surface area contributed by atoms with Crippen molar-refractivity contribution in [2.24, 2.45) is 0 Å². The highest BCUT2D eigenvalue weighted by Crippen LogP contribution is 2.16. The Labute approximate surface area is 80.0 Å². The predicted molar refractivity (Wildman–Crippen MR) is 57.8 cm³/mol. The van der Waals surface area contributed by atoms with E-state index in [0.29, 0.717) is 0 Å². The van der Waals surface area contributed by atoms with E-state index in [1.54, 1.807) is 5.57 Å². The maximum Gasteiger partial charge on any atom is 0.0137 e. The van der Waals surface area contributed by atoms with Crippen LogP contribution < -0.4 is 5.32 Å². The Morgan fingerprint density at radius 3 is 3.00 bits per heavy atom. The van der Waals surface area contributed by atoms with Gasteiger partial charge in [0, 0.05) is 6.54 Å². The Morgan fingerprint density at radius 2 is 2.42 bits per heavy atom. The van der Waals surface area contributed by atoms with Gasteiger partial charge in [-0.1, -0.05) is 25.5 Å². The van der Waals surface area contributed by atoms with Crippen LogP contribution in [0, 0.1) is 0 Å². The molecule has 0 aromatic carbocycles. The van der Waals surface area contributed by atoms with Crippen LogP contribution in [0.4, 0.5) is 0 Å². The highest BCUT2D eigenvalue weighted by molar-refractivity contribution is 7.99. The molecule has 0 aromatic heterocycles. The molecular formula is C10H19NS. The van der Waals surface area contributed by atoms with E-state index in [1.165, 1.54) is 25.1 Å². The SMILES string of the molecule is CC(C)SCCC1=CCNCC1. The number of thioether (sulfide) groups is 1. The smallest absolute Gasteiger partial charge is 0.0137 e. The second kappa shape index (κ2) is 5.65. The molecule has 0 bridgehead atoms. The van der Waals surface area contributed by atoms with Crippen LogP contribution in [-0.4, -0.2) is 24.1 Å². The van der Waals surface area contributed by atoms with E-state index < -0.39 is 0 Å². The minimum Gasteiger partial charge on any atom is -0.313 e. The predicted octanol–water partition coefficient (Wildman–Crippen LogP) is 2.44. The van der Waals surface area contributed by atoms with Crippen LogP contribution in [0.3, 0.4) is 0 Å². The van der Waals surface area contributed by atoms with Crippen LogP contribution in [0.2, 0.25) is 0 Å². The summed E-state index contributed by atoms with van der Waals surface area (Å²) in [7, 11) is 0. The van der Waals surface area contributed by atoms with E-state index in [4.69, 9.17) is 0 Å². The molecule has 0 fully saturated rings. The molecule has 0 radical (unpaired) electrons. The molecule has 0 aromatic rings. The summed E-state index contributed by atoms with van der Waals surface area (Å²) in [6, 6.07) is 0. The van der Waals surface area contributed by atoms with Gasteiger partial charge in [0.05, 0.1) is 0 Å². The zero-order valence-corrected chi connectivity index (χ0v) is 8.91. The lowest BCUT2D eigenvalue weighted by molar-refractivity contribution is 0.689. The van der Waals surface area contributed by atoms with Crippen LogP contribution in [0.1, 0.15) is 26.7 Å². The van der Waals surface area contributed by atoms with Crippen LogP contribution in [0.5, 0.6) is 0 Å². The lowest BCUT2D eigenvalue weighted by atomic mass is 10.1. The first-order valence-electron chi connectivity index (χ1n) is 4.79. The number of rotatable bonds is 4. The van der Waals surface area contributed by atoms with Gasteiger partial charge in [0.1, 0.15) is 0 Å². The van der Waals surface area contributed by atoms with Crippen molar-refractivity contribution in [2.45, 2.75) is 31.9 Å². The average molecular weight is 185 g/mol. The number of hydrogen-bond donors (Lipinski definition) is 1. The van der Waals surface area contributed by atoms with Crippen molar-refractivity contribution in [1.82, 2.24) is 5.32 Å². The number of nitrogens with one attached hydrogen (secondary N) is 1. The first-order chi connectivity index (χ1) is 5.79. The zero-order chi connectivity index (χ0) is 8.81. The summed E-state index contributed by atoms with van der Waals surface area (Å²) in [4.78, 5) is 0. The summed E-state index contributed by atoms with van der Waals surface area (Å²) >= 11 is 2.06. The van der Waals surface area contributed by atoms with Crippen molar-refractivity contribution < 1.29 is 0 Å². The fourth-order valence-electron chi connectivity index (χ4n) is 1.32. The molecule has 2 heteroatoms. The van der Waals surface area contributed by atoms with Gasteiger partial charge in [-0.15, -0.1) is 0 Å². The minimum absolute atomic E-state index is 0.785. The first-order valence-corrected chi connectivity index (χ1v) is 5.84. The van der Waals surface area contributed by atoms with Crippen molar-refractivity contribution in [3.8, 4) is 0 Å². The number of hydrogen-bond acceptors (Lipinski definition) is 2. The lowest BCUT2D eigenvalue weighted by Crippen LogP contribution is -2.20. The van der Waals surface area contributed by atoms with Crippen molar-refractivity contribution in [1.29, 1.82) is 0 Å². The Bertz CT molecular complexity index is 152. The molecule has 1 rings (SSSR count). The molecule has 0 unspecified atom stereocenters. The molecule has 0 atom stereocenters. The molecule has 0 saturated heterocycles. The van der Waals surface area contributed by atoms with Gasteiger partial charge < -0.3 is 5.32 Å². The molecule has 0 saturated carbocycles. The van der Waals surface area contributed by atoms with Crippen molar-refractivity contribution >= 4 is 11.8 Å². The van der Waals surface area contributed by atoms with Crippen LogP contribution in [-0.2, 0) is 0 Å². The van der Waals surface area contributed by atoms with Crippen LogP contribution in [0.25, 0.3) is 0 Å². The Kier molecular flexibility index (Phi) is 4.77. The second-order valence-corrected chi connectivity index (χ2v) is 5.17. The van der Waals surface area contributed by atoms with E-state index in [2.05, 4.69) is 37.0 Å². The Morgan fingerprint density at radius 1 is 1.58 bits per heavy atom. The van der Waals surface area contributed by atoms with Crippen LogP contribution >= 0.6 is 11.8 Å². The zero-order valence-electron chi connectivity index (χ0n) is 8.10. The summed E-state index contributed by atoms with van der Waals surface area (Å²) in [5, 5.41) is 4.12. The second-order valence-electron chi connectivity index (χ2n) is 3.49. The van der Waals surface area contributed by atoms with Gasteiger partial charge in [-0.25, -0.2) is 0 Å². The van der Waals surface area contributed by atoms with Gasteiger partial charge in [-0.05, 0) is 30.4 Å². The van der Waals surface area contributed by atoms with Gasteiger partial charge in [0.25, 0.3) is 0 Å². The van der Waals surface area contributed by atoms with Gasteiger partial charge in [-0.2, -0.15) is 11.8 Å². The largest absolute Gasteiger partial charge is 0.313 e. The summed E-state index contributed by atoms with van der Waals surface area (Å²) < 4.78 is 0. The molecule has 12 heavy (non-hydrogen) atoms. The summed E-state index contributed by atoms with van der Waals surface area (Å²) in [6.07, 6.45) is 4.91. The summed E-state index contributed by atoms with van der Waals surface area (Å²) in [6.45, 7) is 6.79. The fourth-order valence-corrected chi connectivity index (χ4v) is 2.17. The molecule has 1 N–H and O–H groups in total. The highest BCUT2D eigenvalue weighted by atomic mass is 32.2. The molecule has 0 amide bonds. The van der Waals surface area contributed by atoms with Crippen molar-refractivity contribution in [2.75, 3.05) is 18.8 Å². The first kappa shape index (κ1) is 10.1. The average Bonchev–Trinajstić information content (AvgIpc) is 2.05. The Balaban J connectivity index is 2.09. The third-order valence-electron chi connectivity index (χ3n) is 2.03. The van der Waals surface area contributed by atoms with Gasteiger partial charge >= 0.3 is 0 Å². The maximum atomic E-state index is 3.33. The molecule has 70 valence electrons. The molecule has 1 aliphatic heterocycles. The molecule has 0 spiro atoms. The van der Waals surface area contributed by atoms with E-state index in [9.17, 15) is 0 Å². The third kappa shape index (κ3) is 4.17. The molecule has 0 aliphatic carbocycles. The van der Waals surface area contributed by atoms with Gasteiger partial charge in [0.15, 0.2) is 0 Å². The van der Waals surface area contributed by atoms with Crippen molar-refractivity contribution in [3.63, 3.8) is 0 Å². The third-order valence-corrected chi connectivity index (χ3v) is 3.14. The molecular weight excluding hydrogens is 166 g/mol. The van der Waals surface area contributed by atoms with Gasteiger partial charge in [-0.3, -0.25) is 0 Å². The van der Waals surface area contributed by atoms with E-state index in [1.807, 2.05) is 0 Å². The fraction of sp³-hybridized carbons (Fsp3) is 0.800. The standard InChI is InChI=1S/C10H19NS/c1-9(2)12-8-5-10-3-6-11-7-4-10/h3,9,11H,4-8H2,1-2H3. The highest BCUT2D eigenvalue weighted by Gasteiger charge is 2.02. The molecule has 1 nitrogen and oxygen atoms in total. The summed E-state index contributed by atoms with van der Waals surface area (Å²) in [5.74, 6) is 1.30. The lowest BCUT2D eigenvalue weighted by Gasteiger charge is -2.14. The maximum absolute atomic E-state index is 3.33. The monoisotopic (exact) mass is 185 g/mol. The molecule has 1 heterocycles. The quantitative estimate of drug-likeness (QED) is 0.675. The van der Waals surface area contributed by atoms with Crippen LogP contribution in [0.15, 0.2) is 11.6 Å². The normalized spacial score (nSPS) is 18.1.